The fourth-order valence-electron chi connectivity index (χ4n) is 2.21. The molecule has 0 saturated carbocycles. The van der Waals surface area contributed by atoms with Gasteiger partial charge < -0.3 is 10.1 Å². The minimum absolute atomic E-state index is 0.357. The summed E-state index contributed by atoms with van der Waals surface area (Å²) in [5, 5.41) is 4.34. The second kappa shape index (κ2) is 6.39. The van der Waals surface area contributed by atoms with Gasteiger partial charge in [-0.3, -0.25) is 0 Å². The summed E-state index contributed by atoms with van der Waals surface area (Å²) in [5.74, 6) is 0.745. The van der Waals surface area contributed by atoms with Crippen LogP contribution < -0.4 is 5.32 Å². The van der Waals surface area contributed by atoms with Crippen molar-refractivity contribution in [1.29, 1.82) is 0 Å². The Morgan fingerprint density at radius 1 is 1.53 bits per heavy atom. The molecular weight excluding hydrogens is 234 g/mol. The first kappa shape index (κ1) is 12.9. The van der Waals surface area contributed by atoms with Crippen LogP contribution in [0.1, 0.15) is 31.4 Å². The standard InChI is InChI=1S/C14H20ClNO/c1-11(13-3-2-4-14(15)9-13)16-7-5-12-6-8-17-10-12/h2-4,9,11-12,16H,5-8,10H2,1H3. The molecule has 1 N–H and O–H groups in total. The average Bonchev–Trinajstić information content (AvgIpc) is 2.82. The lowest BCUT2D eigenvalue weighted by molar-refractivity contribution is 0.184. The highest BCUT2D eigenvalue weighted by atomic mass is 35.5. The Labute approximate surface area is 108 Å². The molecule has 1 saturated heterocycles. The summed E-state index contributed by atoms with van der Waals surface area (Å²) in [7, 11) is 0. The number of hydrogen-bond donors (Lipinski definition) is 1. The largest absolute Gasteiger partial charge is 0.381 e. The molecule has 1 aliphatic heterocycles. The van der Waals surface area contributed by atoms with Crippen molar-refractivity contribution in [2.45, 2.75) is 25.8 Å². The van der Waals surface area contributed by atoms with Gasteiger partial charge in [0, 0.05) is 24.3 Å². The van der Waals surface area contributed by atoms with Gasteiger partial charge in [0.15, 0.2) is 0 Å². The van der Waals surface area contributed by atoms with Crippen LogP contribution in [0.3, 0.4) is 0 Å². The summed E-state index contributed by atoms with van der Waals surface area (Å²) in [4.78, 5) is 0. The van der Waals surface area contributed by atoms with Crippen molar-refractivity contribution in [3.05, 3.63) is 34.9 Å². The lowest BCUT2D eigenvalue weighted by atomic mass is 10.0. The smallest absolute Gasteiger partial charge is 0.0495 e. The van der Waals surface area contributed by atoms with Crippen LogP contribution in [-0.2, 0) is 4.74 Å². The van der Waals surface area contributed by atoms with Gasteiger partial charge in [-0.15, -0.1) is 0 Å². The van der Waals surface area contributed by atoms with Crippen LogP contribution in [0.4, 0.5) is 0 Å². The zero-order valence-electron chi connectivity index (χ0n) is 10.3. The van der Waals surface area contributed by atoms with Crippen LogP contribution in [0, 0.1) is 5.92 Å². The van der Waals surface area contributed by atoms with Crippen molar-refractivity contribution in [3.8, 4) is 0 Å². The highest BCUT2D eigenvalue weighted by Crippen LogP contribution is 2.19. The van der Waals surface area contributed by atoms with Crippen LogP contribution >= 0.6 is 11.6 Å². The lowest BCUT2D eigenvalue weighted by Crippen LogP contribution is -2.22. The van der Waals surface area contributed by atoms with E-state index in [1.54, 1.807) is 0 Å². The van der Waals surface area contributed by atoms with E-state index in [4.69, 9.17) is 16.3 Å². The predicted octanol–water partition coefficient (Wildman–Crippen LogP) is 3.42. The van der Waals surface area contributed by atoms with Crippen molar-refractivity contribution in [3.63, 3.8) is 0 Å². The molecule has 1 fully saturated rings. The Hall–Kier alpha value is -0.570. The summed E-state index contributed by atoms with van der Waals surface area (Å²) >= 11 is 5.98. The van der Waals surface area contributed by atoms with E-state index in [0.717, 1.165) is 30.7 Å². The van der Waals surface area contributed by atoms with E-state index in [2.05, 4.69) is 18.3 Å². The third-order valence-corrected chi connectivity index (χ3v) is 3.61. The zero-order valence-corrected chi connectivity index (χ0v) is 11.0. The minimum atomic E-state index is 0.357. The monoisotopic (exact) mass is 253 g/mol. The van der Waals surface area contributed by atoms with Crippen molar-refractivity contribution in [2.24, 2.45) is 5.92 Å². The number of benzene rings is 1. The number of halogens is 1. The van der Waals surface area contributed by atoms with E-state index < -0.39 is 0 Å². The van der Waals surface area contributed by atoms with Gasteiger partial charge in [-0.05, 0) is 49.9 Å². The van der Waals surface area contributed by atoms with E-state index in [0.29, 0.717) is 6.04 Å². The van der Waals surface area contributed by atoms with E-state index in [1.807, 2.05) is 18.2 Å². The van der Waals surface area contributed by atoms with Crippen molar-refractivity contribution >= 4 is 11.6 Å². The molecular formula is C14H20ClNO. The van der Waals surface area contributed by atoms with Crippen LogP contribution in [0.2, 0.25) is 5.02 Å². The Kier molecular flexibility index (Phi) is 4.84. The number of rotatable bonds is 5. The summed E-state index contributed by atoms with van der Waals surface area (Å²) in [5.41, 5.74) is 1.25. The molecule has 0 bridgehead atoms. The molecule has 2 atom stereocenters. The topological polar surface area (TPSA) is 21.3 Å². The first-order valence-electron chi connectivity index (χ1n) is 6.32. The lowest BCUT2D eigenvalue weighted by Gasteiger charge is -2.16. The van der Waals surface area contributed by atoms with Crippen molar-refractivity contribution < 1.29 is 4.74 Å². The average molecular weight is 254 g/mol. The van der Waals surface area contributed by atoms with Gasteiger partial charge >= 0.3 is 0 Å². The molecule has 1 aromatic rings. The highest BCUT2D eigenvalue weighted by molar-refractivity contribution is 6.30. The summed E-state index contributed by atoms with van der Waals surface area (Å²) in [6.45, 7) is 5.10. The molecule has 0 radical (unpaired) electrons. The zero-order chi connectivity index (χ0) is 12.1. The second-order valence-electron chi connectivity index (χ2n) is 4.75. The van der Waals surface area contributed by atoms with Gasteiger partial charge in [-0.2, -0.15) is 0 Å². The number of hydrogen-bond acceptors (Lipinski definition) is 2. The highest BCUT2D eigenvalue weighted by Gasteiger charge is 2.15. The molecule has 0 amide bonds. The van der Waals surface area contributed by atoms with E-state index in [1.165, 1.54) is 18.4 Å². The maximum absolute atomic E-state index is 5.98. The van der Waals surface area contributed by atoms with Crippen LogP contribution in [0.15, 0.2) is 24.3 Å². The number of nitrogens with one attached hydrogen (secondary N) is 1. The summed E-state index contributed by atoms with van der Waals surface area (Å²) < 4.78 is 5.37. The molecule has 0 aliphatic carbocycles. The maximum Gasteiger partial charge on any atom is 0.0495 e. The molecule has 3 heteroatoms. The number of ether oxygens (including phenoxy) is 1. The fourth-order valence-corrected chi connectivity index (χ4v) is 2.41. The first-order valence-corrected chi connectivity index (χ1v) is 6.70. The SMILES string of the molecule is CC(NCCC1CCOC1)c1cccc(Cl)c1. The van der Waals surface area contributed by atoms with Gasteiger partial charge in [0.25, 0.3) is 0 Å². The predicted molar refractivity (Wildman–Crippen MR) is 71.4 cm³/mol. The van der Waals surface area contributed by atoms with Gasteiger partial charge in [0.05, 0.1) is 0 Å². The normalized spacial score (nSPS) is 21.6. The molecule has 17 heavy (non-hydrogen) atoms. The van der Waals surface area contributed by atoms with Crippen LogP contribution in [-0.4, -0.2) is 19.8 Å². The van der Waals surface area contributed by atoms with Gasteiger partial charge in [-0.1, -0.05) is 23.7 Å². The fraction of sp³-hybridized carbons (Fsp3) is 0.571. The second-order valence-corrected chi connectivity index (χ2v) is 5.19. The summed E-state index contributed by atoms with van der Waals surface area (Å²) in [6, 6.07) is 8.41. The molecule has 1 aromatic carbocycles. The molecule has 94 valence electrons. The molecule has 2 unspecified atom stereocenters. The minimum Gasteiger partial charge on any atom is -0.381 e. The first-order chi connectivity index (χ1) is 8.25. The van der Waals surface area contributed by atoms with Gasteiger partial charge in [0.2, 0.25) is 0 Å². The van der Waals surface area contributed by atoms with Crippen LogP contribution in [0.25, 0.3) is 0 Å². The molecule has 1 heterocycles. The molecule has 0 spiro atoms. The Morgan fingerprint density at radius 3 is 3.12 bits per heavy atom. The maximum atomic E-state index is 5.98. The third kappa shape index (κ3) is 3.98. The Morgan fingerprint density at radius 2 is 2.41 bits per heavy atom. The van der Waals surface area contributed by atoms with Crippen molar-refractivity contribution in [2.75, 3.05) is 19.8 Å². The summed E-state index contributed by atoms with van der Waals surface area (Å²) in [6.07, 6.45) is 2.41. The molecule has 1 aliphatic rings. The van der Waals surface area contributed by atoms with E-state index in [9.17, 15) is 0 Å². The molecule has 2 rings (SSSR count). The molecule has 2 nitrogen and oxygen atoms in total. The van der Waals surface area contributed by atoms with Crippen LogP contribution in [0.5, 0.6) is 0 Å². The van der Waals surface area contributed by atoms with Gasteiger partial charge in [-0.25, -0.2) is 0 Å². The third-order valence-electron chi connectivity index (χ3n) is 3.38. The van der Waals surface area contributed by atoms with E-state index in [-0.39, 0.29) is 0 Å². The van der Waals surface area contributed by atoms with E-state index >= 15 is 0 Å². The van der Waals surface area contributed by atoms with Crippen molar-refractivity contribution in [1.82, 2.24) is 5.32 Å². The Bertz CT molecular complexity index is 350. The quantitative estimate of drug-likeness (QED) is 0.868. The van der Waals surface area contributed by atoms with Gasteiger partial charge in [0.1, 0.15) is 0 Å². The molecule has 0 aromatic heterocycles. The Balaban J connectivity index is 1.74.